The summed E-state index contributed by atoms with van der Waals surface area (Å²) in [6.45, 7) is 0.341. The molecule has 3 N–H and O–H groups in total. The highest BCUT2D eigenvalue weighted by molar-refractivity contribution is 5.97. The molecular formula is C17H14N2O3. The number of para-hydroxylation sites is 1. The molecule has 0 bridgehead atoms. The number of hydrogen-bond acceptors (Lipinski definition) is 4. The van der Waals surface area contributed by atoms with Gasteiger partial charge in [-0.05, 0) is 17.7 Å². The molecule has 0 aliphatic rings. The van der Waals surface area contributed by atoms with Crippen molar-refractivity contribution >= 4 is 22.6 Å². The third kappa shape index (κ3) is 2.69. The molecular weight excluding hydrogens is 280 g/mol. The highest BCUT2D eigenvalue weighted by Gasteiger charge is 2.13. The fourth-order valence-corrected chi connectivity index (χ4v) is 2.20. The summed E-state index contributed by atoms with van der Waals surface area (Å²) in [6, 6.07) is 16.4. The molecule has 0 fully saturated rings. The minimum absolute atomic E-state index is 0.0894. The maximum atomic E-state index is 11.2. The van der Waals surface area contributed by atoms with Crippen LogP contribution in [0.4, 0.5) is 5.69 Å². The highest BCUT2D eigenvalue weighted by Crippen LogP contribution is 2.29. The molecule has 0 saturated carbocycles. The first kappa shape index (κ1) is 13.9. The molecule has 0 saturated heterocycles. The van der Waals surface area contributed by atoms with Gasteiger partial charge in [-0.3, -0.25) is 0 Å². The Morgan fingerprint density at radius 1 is 1.14 bits per heavy atom. The second kappa shape index (κ2) is 5.73. The van der Waals surface area contributed by atoms with E-state index in [1.54, 1.807) is 12.1 Å². The van der Waals surface area contributed by atoms with Crippen LogP contribution in [-0.4, -0.2) is 16.1 Å². The van der Waals surface area contributed by atoms with E-state index in [0.29, 0.717) is 28.9 Å². The van der Waals surface area contributed by atoms with Gasteiger partial charge in [0.05, 0.1) is 11.2 Å². The van der Waals surface area contributed by atoms with Crippen LogP contribution < -0.4 is 10.5 Å². The van der Waals surface area contributed by atoms with Gasteiger partial charge in [0.15, 0.2) is 5.69 Å². The van der Waals surface area contributed by atoms with Crippen molar-refractivity contribution < 1.29 is 14.6 Å². The van der Waals surface area contributed by atoms with Crippen molar-refractivity contribution in [3.63, 3.8) is 0 Å². The van der Waals surface area contributed by atoms with Crippen LogP contribution in [0.3, 0.4) is 0 Å². The average molecular weight is 294 g/mol. The Labute approximate surface area is 127 Å². The van der Waals surface area contributed by atoms with E-state index < -0.39 is 5.97 Å². The molecule has 0 spiro atoms. The highest BCUT2D eigenvalue weighted by atomic mass is 16.5. The standard InChI is InChI=1S/C17H14N2O3/c18-13-8-4-7-12-15(9-14(17(20)21)19-16(12)13)22-10-11-5-2-1-3-6-11/h1-9H,10,18H2,(H,20,21). The van der Waals surface area contributed by atoms with Crippen molar-refractivity contribution in [2.75, 3.05) is 5.73 Å². The van der Waals surface area contributed by atoms with Crippen LogP contribution >= 0.6 is 0 Å². The number of aromatic nitrogens is 1. The zero-order chi connectivity index (χ0) is 15.5. The Morgan fingerprint density at radius 3 is 2.64 bits per heavy atom. The fraction of sp³-hybridized carbons (Fsp3) is 0.0588. The Morgan fingerprint density at radius 2 is 1.91 bits per heavy atom. The molecule has 1 heterocycles. The summed E-state index contributed by atoms with van der Waals surface area (Å²) < 4.78 is 5.79. The van der Waals surface area contributed by atoms with Gasteiger partial charge in [0.25, 0.3) is 0 Å². The number of pyridine rings is 1. The van der Waals surface area contributed by atoms with Crippen LogP contribution in [0, 0.1) is 0 Å². The molecule has 0 aliphatic heterocycles. The maximum Gasteiger partial charge on any atom is 0.354 e. The second-order valence-electron chi connectivity index (χ2n) is 4.83. The van der Waals surface area contributed by atoms with Crippen molar-refractivity contribution in [1.29, 1.82) is 0 Å². The van der Waals surface area contributed by atoms with E-state index in [2.05, 4.69) is 4.98 Å². The zero-order valence-electron chi connectivity index (χ0n) is 11.7. The van der Waals surface area contributed by atoms with Crippen molar-refractivity contribution in [2.24, 2.45) is 0 Å². The number of carboxylic acid groups (broad SMARTS) is 1. The van der Waals surface area contributed by atoms with E-state index in [9.17, 15) is 9.90 Å². The van der Waals surface area contributed by atoms with Gasteiger partial charge in [0.1, 0.15) is 12.4 Å². The number of rotatable bonds is 4. The molecule has 2 aromatic carbocycles. The number of ether oxygens (including phenoxy) is 1. The lowest BCUT2D eigenvalue weighted by Crippen LogP contribution is -2.04. The number of benzene rings is 2. The minimum atomic E-state index is -1.12. The number of carboxylic acids is 1. The van der Waals surface area contributed by atoms with Crippen LogP contribution in [0.2, 0.25) is 0 Å². The first-order chi connectivity index (χ1) is 10.6. The molecule has 0 atom stereocenters. The predicted molar refractivity (Wildman–Crippen MR) is 83.9 cm³/mol. The number of fused-ring (bicyclic) bond motifs is 1. The molecule has 0 aliphatic carbocycles. The monoisotopic (exact) mass is 294 g/mol. The third-order valence-electron chi connectivity index (χ3n) is 3.29. The van der Waals surface area contributed by atoms with Gasteiger partial charge in [-0.2, -0.15) is 0 Å². The lowest BCUT2D eigenvalue weighted by molar-refractivity contribution is 0.0690. The number of aromatic carboxylic acids is 1. The normalized spacial score (nSPS) is 10.5. The van der Waals surface area contributed by atoms with Crippen LogP contribution in [0.15, 0.2) is 54.6 Å². The minimum Gasteiger partial charge on any atom is -0.488 e. The van der Waals surface area contributed by atoms with E-state index in [-0.39, 0.29) is 5.69 Å². The van der Waals surface area contributed by atoms with Crippen molar-refractivity contribution in [2.45, 2.75) is 6.61 Å². The van der Waals surface area contributed by atoms with E-state index >= 15 is 0 Å². The molecule has 3 rings (SSSR count). The molecule has 3 aromatic rings. The predicted octanol–water partition coefficient (Wildman–Crippen LogP) is 3.09. The number of nitrogens with zero attached hydrogens (tertiary/aromatic N) is 1. The average Bonchev–Trinajstić information content (AvgIpc) is 2.54. The van der Waals surface area contributed by atoms with Gasteiger partial charge >= 0.3 is 5.97 Å². The number of carbonyl (C=O) groups is 1. The summed E-state index contributed by atoms with van der Waals surface area (Å²) >= 11 is 0. The topological polar surface area (TPSA) is 85.4 Å². The Kier molecular flexibility index (Phi) is 3.62. The molecule has 5 nitrogen and oxygen atoms in total. The molecule has 1 aromatic heterocycles. The summed E-state index contributed by atoms with van der Waals surface area (Å²) in [5.74, 6) is -0.659. The largest absolute Gasteiger partial charge is 0.488 e. The van der Waals surface area contributed by atoms with Crippen molar-refractivity contribution in [1.82, 2.24) is 4.98 Å². The first-order valence-electron chi connectivity index (χ1n) is 6.74. The van der Waals surface area contributed by atoms with Crippen LogP contribution in [0.5, 0.6) is 5.75 Å². The quantitative estimate of drug-likeness (QED) is 0.722. The molecule has 22 heavy (non-hydrogen) atoms. The van der Waals surface area contributed by atoms with Crippen molar-refractivity contribution in [3.05, 3.63) is 65.9 Å². The Bertz CT molecular complexity index is 832. The van der Waals surface area contributed by atoms with Gasteiger partial charge in [-0.25, -0.2) is 9.78 Å². The Hall–Kier alpha value is -3.08. The lowest BCUT2D eigenvalue weighted by atomic mass is 10.1. The van der Waals surface area contributed by atoms with Gasteiger partial charge in [-0.15, -0.1) is 0 Å². The number of nitrogen functional groups attached to an aromatic ring is 1. The summed E-state index contributed by atoms with van der Waals surface area (Å²) in [5.41, 5.74) is 7.65. The van der Waals surface area contributed by atoms with E-state index in [0.717, 1.165) is 5.56 Å². The summed E-state index contributed by atoms with van der Waals surface area (Å²) in [6.07, 6.45) is 0. The van der Waals surface area contributed by atoms with Gasteiger partial charge < -0.3 is 15.6 Å². The molecule has 110 valence electrons. The first-order valence-corrected chi connectivity index (χ1v) is 6.74. The van der Waals surface area contributed by atoms with E-state index in [4.69, 9.17) is 10.5 Å². The van der Waals surface area contributed by atoms with Crippen LogP contribution in [0.1, 0.15) is 16.1 Å². The second-order valence-corrected chi connectivity index (χ2v) is 4.83. The SMILES string of the molecule is Nc1cccc2c(OCc3ccccc3)cc(C(=O)O)nc12. The molecule has 5 heteroatoms. The smallest absolute Gasteiger partial charge is 0.354 e. The van der Waals surface area contributed by atoms with Gasteiger partial charge in [-0.1, -0.05) is 36.4 Å². The lowest BCUT2D eigenvalue weighted by Gasteiger charge is -2.11. The summed E-state index contributed by atoms with van der Waals surface area (Å²) in [5, 5.41) is 9.88. The van der Waals surface area contributed by atoms with Gasteiger partial charge in [0.2, 0.25) is 0 Å². The molecule has 0 amide bonds. The molecule has 0 unspecified atom stereocenters. The Balaban J connectivity index is 2.03. The fourth-order valence-electron chi connectivity index (χ4n) is 2.20. The van der Waals surface area contributed by atoms with Crippen LogP contribution in [-0.2, 0) is 6.61 Å². The van der Waals surface area contributed by atoms with E-state index in [1.807, 2.05) is 36.4 Å². The third-order valence-corrected chi connectivity index (χ3v) is 3.29. The summed E-state index contributed by atoms with van der Waals surface area (Å²) in [4.78, 5) is 15.3. The number of anilines is 1. The number of hydrogen-bond donors (Lipinski definition) is 2. The van der Waals surface area contributed by atoms with Crippen molar-refractivity contribution in [3.8, 4) is 5.75 Å². The number of nitrogens with two attached hydrogens (primary N) is 1. The molecule has 0 radical (unpaired) electrons. The van der Waals surface area contributed by atoms with Crippen LogP contribution in [0.25, 0.3) is 10.9 Å². The zero-order valence-corrected chi connectivity index (χ0v) is 11.7. The van der Waals surface area contributed by atoms with E-state index in [1.165, 1.54) is 6.07 Å². The maximum absolute atomic E-state index is 11.2. The van der Waals surface area contributed by atoms with Gasteiger partial charge in [0, 0.05) is 11.5 Å². The summed E-state index contributed by atoms with van der Waals surface area (Å²) in [7, 11) is 0.